The summed E-state index contributed by atoms with van der Waals surface area (Å²) < 4.78 is 5.07. The van der Waals surface area contributed by atoms with Gasteiger partial charge in [0.25, 0.3) is 0 Å². The fourth-order valence-electron chi connectivity index (χ4n) is 2.29. The van der Waals surface area contributed by atoms with Crippen molar-refractivity contribution in [2.45, 2.75) is 66.2 Å². The van der Waals surface area contributed by atoms with Crippen molar-refractivity contribution in [3.05, 3.63) is 0 Å². The zero-order valence-corrected chi connectivity index (χ0v) is 13.3. The summed E-state index contributed by atoms with van der Waals surface area (Å²) in [6.45, 7) is 12.3. The number of rotatable bonds is 11. The Hall–Kier alpha value is -0.0800. The quantitative estimate of drug-likeness (QED) is 0.559. The van der Waals surface area contributed by atoms with Crippen LogP contribution in [0.2, 0.25) is 0 Å². The Morgan fingerprint density at radius 3 is 2.28 bits per heavy atom. The van der Waals surface area contributed by atoms with Gasteiger partial charge in [-0.2, -0.15) is 0 Å². The van der Waals surface area contributed by atoms with E-state index in [-0.39, 0.29) is 0 Å². The molecule has 2 heteroatoms. The Morgan fingerprint density at radius 2 is 1.72 bits per heavy atom. The molecule has 0 aliphatic rings. The highest BCUT2D eigenvalue weighted by Crippen LogP contribution is 2.29. The first kappa shape index (κ1) is 17.9. The molecule has 2 nitrogen and oxygen atoms in total. The maximum Gasteiger partial charge on any atom is 0.0587 e. The van der Waals surface area contributed by atoms with Gasteiger partial charge in [-0.25, -0.2) is 0 Å². The van der Waals surface area contributed by atoms with E-state index in [1.165, 1.54) is 38.5 Å². The van der Waals surface area contributed by atoms with E-state index < -0.39 is 0 Å². The van der Waals surface area contributed by atoms with Gasteiger partial charge in [0.15, 0.2) is 0 Å². The van der Waals surface area contributed by atoms with Crippen molar-refractivity contribution in [2.24, 2.45) is 11.3 Å². The Morgan fingerprint density at radius 1 is 1.06 bits per heavy atom. The molecule has 18 heavy (non-hydrogen) atoms. The molecule has 0 saturated carbocycles. The van der Waals surface area contributed by atoms with Crippen molar-refractivity contribution >= 4 is 0 Å². The molecular formula is C16H35NO. The van der Waals surface area contributed by atoms with Gasteiger partial charge in [-0.15, -0.1) is 0 Å². The lowest BCUT2D eigenvalue weighted by atomic mass is 9.77. The molecule has 1 N–H and O–H groups in total. The van der Waals surface area contributed by atoms with E-state index in [1.54, 1.807) is 7.11 Å². The molecule has 0 aromatic heterocycles. The molecule has 0 bridgehead atoms. The highest BCUT2D eigenvalue weighted by atomic mass is 16.5. The fourth-order valence-corrected chi connectivity index (χ4v) is 2.29. The van der Waals surface area contributed by atoms with Gasteiger partial charge in [0.2, 0.25) is 0 Å². The minimum absolute atomic E-state index is 0.408. The molecule has 0 amide bonds. The summed E-state index contributed by atoms with van der Waals surface area (Å²) in [7, 11) is 1.76. The van der Waals surface area contributed by atoms with E-state index in [0.29, 0.717) is 5.41 Å². The van der Waals surface area contributed by atoms with E-state index in [0.717, 1.165) is 25.6 Å². The molecule has 0 rings (SSSR count). The number of unbranched alkanes of at least 4 members (excludes halogenated alkanes) is 4. The lowest BCUT2D eigenvalue weighted by Gasteiger charge is -2.31. The van der Waals surface area contributed by atoms with Crippen LogP contribution in [0.1, 0.15) is 66.2 Å². The molecule has 110 valence electrons. The smallest absolute Gasteiger partial charge is 0.0587 e. The fraction of sp³-hybridized carbons (Fsp3) is 1.00. The minimum atomic E-state index is 0.408. The molecular weight excluding hydrogens is 222 g/mol. The number of hydrogen-bond acceptors (Lipinski definition) is 2. The van der Waals surface area contributed by atoms with Crippen molar-refractivity contribution in [3.8, 4) is 0 Å². The zero-order chi connectivity index (χ0) is 13.9. The van der Waals surface area contributed by atoms with Crippen molar-refractivity contribution in [3.63, 3.8) is 0 Å². The van der Waals surface area contributed by atoms with Gasteiger partial charge in [-0.3, -0.25) is 0 Å². The normalized spacial score (nSPS) is 13.8. The minimum Gasteiger partial charge on any atom is -0.383 e. The molecule has 0 aliphatic carbocycles. The third kappa shape index (κ3) is 9.90. The molecule has 1 unspecified atom stereocenters. The Bertz CT molecular complexity index is 174. The van der Waals surface area contributed by atoms with Crippen molar-refractivity contribution in [1.82, 2.24) is 5.32 Å². The summed E-state index contributed by atoms with van der Waals surface area (Å²) >= 11 is 0. The van der Waals surface area contributed by atoms with Gasteiger partial charge in [-0.1, -0.05) is 59.8 Å². The second kappa shape index (κ2) is 10.8. The van der Waals surface area contributed by atoms with Crippen molar-refractivity contribution in [2.75, 3.05) is 26.8 Å². The van der Waals surface area contributed by atoms with Gasteiger partial charge in [0.1, 0.15) is 0 Å². The average Bonchev–Trinajstić information content (AvgIpc) is 2.30. The van der Waals surface area contributed by atoms with Crippen LogP contribution in [0, 0.1) is 11.3 Å². The van der Waals surface area contributed by atoms with Crippen LogP contribution < -0.4 is 5.32 Å². The molecule has 0 aliphatic heterocycles. The van der Waals surface area contributed by atoms with Crippen LogP contribution in [0.4, 0.5) is 0 Å². The van der Waals surface area contributed by atoms with Crippen LogP contribution in [-0.4, -0.2) is 26.8 Å². The number of hydrogen-bond donors (Lipinski definition) is 1. The second-order valence-electron chi connectivity index (χ2n) is 6.46. The van der Waals surface area contributed by atoms with E-state index in [1.807, 2.05) is 0 Å². The number of ether oxygens (including phenoxy) is 1. The van der Waals surface area contributed by atoms with Gasteiger partial charge in [0.05, 0.1) is 6.61 Å². The average molecular weight is 257 g/mol. The number of nitrogens with one attached hydrogen (secondary N) is 1. The van der Waals surface area contributed by atoms with Gasteiger partial charge >= 0.3 is 0 Å². The summed E-state index contributed by atoms with van der Waals surface area (Å²) in [6.07, 6.45) is 8.28. The Kier molecular flexibility index (Phi) is 10.8. The van der Waals surface area contributed by atoms with Crippen LogP contribution in [0.5, 0.6) is 0 Å². The standard InChI is InChI=1S/C16H35NO/c1-6-7-8-9-10-11-15(16(2,3)4)14-17-12-13-18-5/h15,17H,6-14H2,1-5H3. The first-order valence-electron chi connectivity index (χ1n) is 7.72. The van der Waals surface area contributed by atoms with Gasteiger partial charge in [0, 0.05) is 13.7 Å². The highest BCUT2D eigenvalue weighted by Gasteiger charge is 2.23. The maximum atomic E-state index is 5.07. The molecule has 0 spiro atoms. The molecule has 0 fully saturated rings. The molecule has 0 heterocycles. The summed E-state index contributed by atoms with van der Waals surface area (Å²) in [5, 5.41) is 3.52. The summed E-state index contributed by atoms with van der Waals surface area (Å²) in [6, 6.07) is 0. The predicted octanol–water partition coefficient (Wildman–Crippen LogP) is 4.25. The first-order valence-corrected chi connectivity index (χ1v) is 7.72. The lowest BCUT2D eigenvalue weighted by molar-refractivity contribution is 0.181. The second-order valence-corrected chi connectivity index (χ2v) is 6.46. The van der Waals surface area contributed by atoms with E-state index in [2.05, 4.69) is 33.0 Å². The highest BCUT2D eigenvalue weighted by molar-refractivity contribution is 4.76. The van der Waals surface area contributed by atoms with Gasteiger partial charge in [-0.05, 0) is 24.3 Å². The Balaban J connectivity index is 3.79. The van der Waals surface area contributed by atoms with E-state index in [4.69, 9.17) is 4.74 Å². The van der Waals surface area contributed by atoms with Crippen molar-refractivity contribution < 1.29 is 4.74 Å². The first-order chi connectivity index (χ1) is 8.52. The Labute approximate surface area is 115 Å². The molecule has 1 atom stereocenters. The van der Waals surface area contributed by atoms with E-state index in [9.17, 15) is 0 Å². The van der Waals surface area contributed by atoms with Crippen LogP contribution in [0.25, 0.3) is 0 Å². The molecule has 0 radical (unpaired) electrons. The summed E-state index contributed by atoms with van der Waals surface area (Å²) in [5.41, 5.74) is 0.408. The number of methoxy groups -OCH3 is 1. The maximum absolute atomic E-state index is 5.07. The van der Waals surface area contributed by atoms with Crippen LogP contribution >= 0.6 is 0 Å². The zero-order valence-electron chi connectivity index (χ0n) is 13.3. The third-order valence-corrected chi connectivity index (χ3v) is 3.75. The molecule has 0 aromatic carbocycles. The largest absolute Gasteiger partial charge is 0.383 e. The monoisotopic (exact) mass is 257 g/mol. The van der Waals surface area contributed by atoms with Crippen molar-refractivity contribution in [1.29, 1.82) is 0 Å². The van der Waals surface area contributed by atoms with E-state index >= 15 is 0 Å². The lowest BCUT2D eigenvalue weighted by Crippen LogP contribution is -2.33. The summed E-state index contributed by atoms with van der Waals surface area (Å²) in [5.74, 6) is 0.774. The van der Waals surface area contributed by atoms with Gasteiger partial charge < -0.3 is 10.1 Å². The predicted molar refractivity (Wildman–Crippen MR) is 81.1 cm³/mol. The molecule has 0 aromatic rings. The SMILES string of the molecule is CCCCCCCC(CNCCOC)C(C)(C)C. The van der Waals surface area contributed by atoms with Crippen LogP contribution in [-0.2, 0) is 4.74 Å². The van der Waals surface area contributed by atoms with Crippen LogP contribution in [0.3, 0.4) is 0 Å². The summed E-state index contributed by atoms with van der Waals surface area (Å²) in [4.78, 5) is 0. The molecule has 0 saturated heterocycles. The third-order valence-electron chi connectivity index (χ3n) is 3.75. The van der Waals surface area contributed by atoms with Crippen LogP contribution in [0.15, 0.2) is 0 Å². The topological polar surface area (TPSA) is 21.3 Å².